The molecule has 1 atom stereocenters. The van der Waals surface area contributed by atoms with Gasteiger partial charge in [0, 0.05) is 0 Å². The fourth-order valence-electron chi connectivity index (χ4n) is 0.940. The first-order valence-electron chi connectivity index (χ1n) is 4.50. The van der Waals surface area contributed by atoms with Gasteiger partial charge in [0.1, 0.15) is 11.3 Å². The van der Waals surface area contributed by atoms with E-state index in [1.807, 2.05) is 0 Å². The number of nitrogens with zero attached hydrogens (tertiary/aromatic N) is 1. The lowest BCUT2D eigenvalue weighted by atomic mass is 10.1. The Kier molecular flexibility index (Phi) is 3.28. The predicted octanol–water partition coefficient (Wildman–Crippen LogP) is -0.452. The third-order valence-corrected chi connectivity index (χ3v) is 2.05. The molecule has 3 N–H and O–H groups in total. The van der Waals surface area contributed by atoms with Gasteiger partial charge in [-0.2, -0.15) is 0 Å². The molecule has 0 aliphatic rings. The molecule has 16 heavy (non-hydrogen) atoms. The molecule has 0 saturated heterocycles. The molecule has 0 fully saturated rings. The number of carboxylic acid groups (broad SMARTS) is 1. The minimum Gasteiger partial charge on any atom is -0.479 e. The molecule has 7 heteroatoms. The van der Waals surface area contributed by atoms with Gasteiger partial charge < -0.3 is 20.1 Å². The molecule has 1 heterocycles. The van der Waals surface area contributed by atoms with E-state index in [4.69, 9.17) is 5.11 Å². The molecule has 1 amide bonds. The molecule has 0 aromatic carbocycles. The number of aromatic nitrogens is 1. The Balaban J connectivity index is 2.61. The quantitative estimate of drug-likeness (QED) is 0.643. The topological polar surface area (TPSA) is 113 Å². The van der Waals surface area contributed by atoms with Crippen molar-refractivity contribution in [2.75, 3.05) is 6.54 Å². The van der Waals surface area contributed by atoms with Crippen molar-refractivity contribution >= 4 is 11.9 Å². The largest absolute Gasteiger partial charge is 0.479 e. The van der Waals surface area contributed by atoms with Gasteiger partial charge in [0.15, 0.2) is 5.60 Å². The van der Waals surface area contributed by atoms with Crippen molar-refractivity contribution in [3.8, 4) is 0 Å². The lowest BCUT2D eigenvalue weighted by Gasteiger charge is -2.17. The van der Waals surface area contributed by atoms with Crippen molar-refractivity contribution in [3.63, 3.8) is 0 Å². The molecule has 1 aromatic rings. The second-order valence-corrected chi connectivity index (χ2v) is 3.56. The minimum atomic E-state index is -2.00. The van der Waals surface area contributed by atoms with Crippen LogP contribution in [-0.2, 0) is 4.79 Å². The van der Waals surface area contributed by atoms with Crippen LogP contribution in [0.4, 0.5) is 0 Å². The van der Waals surface area contributed by atoms with E-state index in [2.05, 4.69) is 15.0 Å². The third kappa shape index (κ3) is 2.57. The van der Waals surface area contributed by atoms with Gasteiger partial charge in [-0.05, 0) is 13.8 Å². The highest BCUT2D eigenvalue weighted by atomic mass is 16.5. The average molecular weight is 228 g/mol. The molecule has 1 rings (SSSR count). The standard InChI is InChI=1S/C9H12N2O5/c1-5-6(3-11-16-5)7(12)10-4-9(2,15)8(13)14/h3,15H,4H2,1-2H3,(H,10,12)(H,13,14). The number of aliphatic carboxylic acids is 1. The zero-order chi connectivity index (χ0) is 12.3. The number of amides is 1. The summed E-state index contributed by atoms with van der Waals surface area (Å²) < 4.78 is 4.68. The second kappa shape index (κ2) is 4.31. The average Bonchev–Trinajstić information content (AvgIpc) is 2.61. The van der Waals surface area contributed by atoms with E-state index >= 15 is 0 Å². The normalized spacial score (nSPS) is 14.2. The lowest BCUT2D eigenvalue weighted by Crippen LogP contribution is -2.46. The molecule has 0 spiro atoms. The smallest absolute Gasteiger partial charge is 0.337 e. The second-order valence-electron chi connectivity index (χ2n) is 3.56. The lowest BCUT2D eigenvalue weighted by molar-refractivity contribution is -0.155. The van der Waals surface area contributed by atoms with E-state index in [1.165, 1.54) is 6.20 Å². The van der Waals surface area contributed by atoms with E-state index in [0.29, 0.717) is 5.76 Å². The monoisotopic (exact) mass is 228 g/mol. The van der Waals surface area contributed by atoms with Gasteiger partial charge in [0.05, 0.1) is 12.7 Å². The Morgan fingerprint density at radius 2 is 2.25 bits per heavy atom. The Bertz CT molecular complexity index is 410. The molecule has 1 unspecified atom stereocenters. The zero-order valence-corrected chi connectivity index (χ0v) is 8.85. The first-order valence-corrected chi connectivity index (χ1v) is 4.50. The summed E-state index contributed by atoms with van der Waals surface area (Å²) in [4.78, 5) is 22.0. The first-order chi connectivity index (χ1) is 7.34. The van der Waals surface area contributed by atoms with E-state index in [1.54, 1.807) is 6.92 Å². The summed E-state index contributed by atoms with van der Waals surface area (Å²) in [5.74, 6) is -1.62. The molecule has 0 aliphatic carbocycles. The molecule has 88 valence electrons. The Hall–Kier alpha value is -1.89. The van der Waals surface area contributed by atoms with Gasteiger partial charge in [-0.3, -0.25) is 4.79 Å². The Labute approximate surface area is 91.0 Å². The third-order valence-electron chi connectivity index (χ3n) is 2.05. The summed E-state index contributed by atoms with van der Waals surface area (Å²) >= 11 is 0. The van der Waals surface area contributed by atoms with Crippen molar-refractivity contribution in [3.05, 3.63) is 17.5 Å². The van der Waals surface area contributed by atoms with Crippen molar-refractivity contribution in [2.24, 2.45) is 0 Å². The summed E-state index contributed by atoms with van der Waals surface area (Å²) in [6.07, 6.45) is 1.22. The minimum absolute atomic E-state index is 0.209. The highest BCUT2D eigenvalue weighted by Crippen LogP contribution is 2.06. The highest BCUT2D eigenvalue weighted by molar-refractivity contribution is 5.95. The summed E-state index contributed by atoms with van der Waals surface area (Å²) in [6.45, 7) is 2.25. The number of carbonyl (C=O) groups is 2. The number of rotatable bonds is 4. The molecule has 0 bridgehead atoms. The van der Waals surface area contributed by atoms with E-state index in [-0.39, 0.29) is 5.56 Å². The number of carbonyl (C=O) groups excluding carboxylic acids is 1. The van der Waals surface area contributed by atoms with Gasteiger partial charge in [-0.1, -0.05) is 5.16 Å². The zero-order valence-electron chi connectivity index (χ0n) is 8.85. The maximum Gasteiger partial charge on any atom is 0.337 e. The number of hydrogen-bond donors (Lipinski definition) is 3. The van der Waals surface area contributed by atoms with Crippen LogP contribution in [-0.4, -0.2) is 39.4 Å². The van der Waals surface area contributed by atoms with Gasteiger partial charge in [0.25, 0.3) is 5.91 Å². The fourth-order valence-corrected chi connectivity index (χ4v) is 0.940. The van der Waals surface area contributed by atoms with Crippen molar-refractivity contribution in [2.45, 2.75) is 19.4 Å². The van der Waals surface area contributed by atoms with Crippen molar-refractivity contribution in [1.82, 2.24) is 10.5 Å². The van der Waals surface area contributed by atoms with E-state index < -0.39 is 24.0 Å². The van der Waals surface area contributed by atoms with Crippen LogP contribution in [0.5, 0.6) is 0 Å². The van der Waals surface area contributed by atoms with Crippen LogP contribution >= 0.6 is 0 Å². The first kappa shape index (κ1) is 12.2. The Morgan fingerprint density at radius 1 is 1.62 bits per heavy atom. The van der Waals surface area contributed by atoms with Crippen LogP contribution in [0.25, 0.3) is 0 Å². The van der Waals surface area contributed by atoms with E-state index in [9.17, 15) is 14.7 Å². The number of hydrogen-bond acceptors (Lipinski definition) is 5. The van der Waals surface area contributed by atoms with Crippen LogP contribution < -0.4 is 5.32 Å². The number of aliphatic hydroxyl groups is 1. The molecular weight excluding hydrogens is 216 g/mol. The molecule has 0 saturated carbocycles. The van der Waals surface area contributed by atoms with Crippen LogP contribution in [0.15, 0.2) is 10.7 Å². The van der Waals surface area contributed by atoms with Crippen LogP contribution in [0.2, 0.25) is 0 Å². The van der Waals surface area contributed by atoms with Gasteiger partial charge in [-0.15, -0.1) is 0 Å². The molecular formula is C9H12N2O5. The van der Waals surface area contributed by atoms with Crippen molar-refractivity contribution in [1.29, 1.82) is 0 Å². The van der Waals surface area contributed by atoms with Gasteiger partial charge in [-0.25, -0.2) is 4.79 Å². The molecule has 0 radical (unpaired) electrons. The summed E-state index contributed by atoms with van der Waals surface area (Å²) in [5, 5.41) is 23.6. The molecule has 0 aliphatic heterocycles. The summed E-state index contributed by atoms with van der Waals surface area (Å²) in [6, 6.07) is 0. The maximum atomic E-state index is 11.5. The van der Waals surface area contributed by atoms with E-state index in [0.717, 1.165) is 6.92 Å². The van der Waals surface area contributed by atoms with Gasteiger partial charge in [0.2, 0.25) is 0 Å². The van der Waals surface area contributed by atoms with Crippen LogP contribution in [0.3, 0.4) is 0 Å². The van der Waals surface area contributed by atoms with Crippen LogP contribution in [0.1, 0.15) is 23.0 Å². The number of aryl methyl sites for hydroxylation is 1. The van der Waals surface area contributed by atoms with Crippen molar-refractivity contribution < 1.29 is 24.3 Å². The maximum absolute atomic E-state index is 11.5. The SMILES string of the molecule is Cc1oncc1C(=O)NCC(C)(O)C(=O)O. The fraction of sp³-hybridized carbons (Fsp3) is 0.444. The molecule has 1 aromatic heterocycles. The van der Waals surface area contributed by atoms with Crippen LogP contribution in [0, 0.1) is 6.92 Å². The number of carboxylic acids is 1. The Morgan fingerprint density at radius 3 is 2.69 bits per heavy atom. The predicted molar refractivity (Wildman–Crippen MR) is 51.8 cm³/mol. The highest BCUT2D eigenvalue weighted by Gasteiger charge is 2.30. The molecule has 7 nitrogen and oxygen atoms in total. The summed E-state index contributed by atoms with van der Waals surface area (Å²) in [7, 11) is 0. The van der Waals surface area contributed by atoms with Gasteiger partial charge >= 0.3 is 5.97 Å². The number of nitrogens with one attached hydrogen (secondary N) is 1. The summed E-state index contributed by atoms with van der Waals surface area (Å²) in [5.41, 5.74) is -1.79.